The van der Waals surface area contributed by atoms with Crippen molar-refractivity contribution < 1.29 is 0 Å². The van der Waals surface area contributed by atoms with Crippen molar-refractivity contribution >= 4 is 0 Å². The summed E-state index contributed by atoms with van der Waals surface area (Å²) in [5, 5.41) is 7.86. The van der Waals surface area contributed by atoms with E-state index < -0.39 is 0 Å². The van der Waals surface area contributed by atoms with E-state index in [9.17, 15) is 0 Å². The highest BCUT2D eigenvalue weighted by Crippen LogP contribution is 2.44. The Hall–Kier alpha value is -1.64. The lowest BCUT2D eigenvalue weighted by atomic mass is 9.75. The zero-order chi connectivity index (χ0) is 13.4. The highest BCUT2D eigenvalue weighted by Gasteiger charge is 2.31. The van der Waals surface area contributed by atoms with Gasteiger partial charge in [-0.2, -0.15) is 5.10 Å². The second kappa shape index (κ2) is 4.80. The third-order valence-electron chi connectivity index (χ3n) is 4.32. The fourth-order valence-corrected chi connectivity index (χ4v) is 3.23. The molecule has 100 valence electrons. The number of pyridine rings is 1. The van der Waals surface area contributed by atoms with Crippen LogP contribution in [0.4, 0.5) is 0 Å². The molecule has 3 nitrogen and oxygen atoms in total. The first-order valence-electron chi connectivity index (χ1n) is 7.18. The molecule has 0 aromatic carbocycles. The number of aromatic nitrogens is 3. The SMILES string of the molecule is CC(C)[C@@H]1CC[C@@H](C)c2c(-c3ccccn3)n[nH]c21. The lowest BCUT2D eigenvalue weighted by Crippen LogP contribution is -2.16. The Morgan fingerprint density at radius 2 is 2.11 bits per heavy atom. The van der Waals surface area contributed by atoms with Crippen LogP contribution in [0.15, 0.2) is 24.4 Å². The van der Waals surface area contributed by atoms with Gasteiger partial charge in [-0.3, -0.25) is 10.1 Å². The molecule has 2 aromatic rings. The van der Waals surface area contributed by atoms with Gasteiger partial charge in [0.15, 0.2) is 0 Å². The molecule has 0 radical (unpaired) electrons. The monoisotopic (exact) mass is 255 g/mol. The molecule has 1 aliphatic carbocycles. The molecule has 3 rings (SSSR count). The molecule has 0 fully saturated rings. The fourth-order valence-electron chi connectivity index (χ4n) is 3.23. The summed E-state index contributed by atoms with van der Waals surface area (Å²) >= 11 is 0. The van der Waals surface area contributed by atoms with E-state index in [2.05, 4.69) is 36.0 Å². The maximum Gasteiger partial charge on any atom is 0.114 e. The lowest BCUT2D eigenvalue weighted by molar-refractivity contribution is 0.403. The van der Waals surface area contributed by atoms with Gasteiger partial charge in [0.1, 0.15) is 5.69 Å². The van der Waals surface area contributed by atoms with Gasteiger partial charge >= 0.3 is 0 Å². The minimum absolute atomic E-state index is 0.570. The molecule has 1 N–H and O–H groups in total. The van der Waals surface area contributed by atoms with E-state index in [1.165, 1.54) is 24.1 Å². The first-order chi connectivity index (χ1) is 9.18. The van der Waals surface area contributed by atoms with E-state index in [1.54, 1.807) is 0 Å². The normalized spacial score (nSPS) is 22.5. The molecule has 1 aliphatic rings. The number of hydrogen-bond acceptors (Lipinski definition) is 2. The van der Waals surface area contributed by atoms with Crippen molar-refractivity contribution in [3.63, 3.8) is 0 Å². The molecule has 0 unspecified atom stereocenters. The minimum Gasteiger partial charge on any atom is -0.281 e. The molecule has 2 heterocycles. The molecular weight excluding hydrogens is 234 g/mol. The number of aromatic amines is 1. The molecular formula is C16H21N3. The summed E-state index contributed by atoms with van der Waals surface area (Å²) in [6, 6.07) is 6.02. The van der Waals surface area contributed by atoms with Crippen LogP contribution in [0.3, 0.4) is 0 Å². The molecule has 0 spiro atoms. The summed E-state index contributed by atoms with van der Waals surface area (Å²) in [5.74, 6) is 1.83. The van der Waals surface area contributed by atoms with E-state index in [0.717, 1.165) is 11.4 Å². The summed E-state index contributed by atoms with van der Waals surface area (Å²) in [6.07, 6.45) is 4.34. The number of nitrogens with one attached hydrogen (secondary N) is 1. The predicted molar refractivity (Wildman–Crippen MR) is 77.0 cm³/mol. The fraction of sp³-hybridized carbons (Fsp3) is 0.500. The van der Waals surface area contributed by atoms with E-state index in [0.29, 0.717) is 17.8 Å². The van der Waals surface area contributed by atoms with Crippen LogP contribution in [0, 0.1) is 5.92 Å². The summed E-state index contributed by atoms with van der Waals surface area (Å²) in [6.45, 7) is 6.90. The Bertz CT molecular complexity index is 557. The van der Waals surface area contributed by atoms with Crippen molar-refractivity contribution in [3.05, 3.63) is 35.7 Å². The topological polar surface area (TPSA) is 41.6 Å². The second-order valence-corrected chi connectivity index (χ2v) is 5.94. The van der Waals surface area contributed by atoms with E-state index in [-0.39, 0.29) is 0 Å². The van der Waals surface area contributed by atoms with Crippen LogP contribution in [0.25, 0.3) is 11.4 Å². The zero-order valence-corrected chi connectivity index (χ0v) is 11.9. The van der Waals surface area contributed by atoms with Crippen molar-refractivity contribution in [2.24, 2.45) is 5.92 Å². The van der Waals surface area contributed by atoms with Crippen LogP contribution < -0.4 is 0 Å². The Morgan fingerprint density at radius 1 is 1.26 bits per heavy atom. The Labute approximate surface area is 114 Å². The average molecular weight is 255 g/mol. The molecule has 0 bridgehead atoms. The van der Waals surface area contributed by atoms with Gasteiger partial charge in [-0.15, -0.1) is 0 Å². The number of fused-ring (bicyclic) bond motifs is 1. The number of hydrogen-bond donors (Lipinski definition) is 1. The highest BCUT2D eigenvalue weighted by molar-refractivity contribution is 5.61. The third-order valence-corrected chi connectivity index (χ3v) is 4.32. The van der Waals surface area contributed by atoms with Crippen LogP contribution in [0.5, 0.6) is 0 Å². The van der Waals surface area contributed by atoms with Crippen LogP contribution >= 0.6 is 0 Å². The second-order valence-electron chi connectivity index (χ2n) is 5.94. The Morgan fingerprint density at radius 3 is 2.79 bits per heavy atom. The number of H-pyrrole nitrogens is 1. The first-order valence-corrected chi connectivity index (χ1v) is 7.18. The molecule has 3 heteroatoms. The van der Waals surface area contributed by atoms with E-state index in [4.69, 9.17) is 0 Å². The standard InChI is InChI=1S/C16H21N3/c1-10(2)12-8-7-11(3)14-15(12)18-19-16(14)13-6-4-5-9-17-13/h4-6,9-12H,7-8H2,1-3H3,(H,18,19)/t11-,12+/m1/s1. The molecule has 0 amide bonds. The van der Waals surface area contributed by atoms with Gasteiger partial charge in [-0.1, -0.05) is 26.8 Å². The average Bonchev–Trinajstić information content (AvgIpc) is 2.85. The molecule has 19 heavy (non-hydrogen) atoms. The van der Waals surface area contributed by atoms with Crippen molar-refractivity contribution in [3.8, 4) is 11.4 Å². The number of rotatable bonds is 2. The molecule has 0 aliphatic heterocycles. The minimum atomic E-state index is 0.570. The Kier molecular flexibility index (Phi) is 3.13. The lowest BCUT2D eigenvalue weighted by Gasteiger charge is -2.29. The van der Waals surface area contributed by atoms with Gasteiger partial charge in [0.05, 0.1) is 5.69 Å². The summed E-state index contributed by atoms with van der Waals surface area (Å²) < 4.78 is 0. The third kappa shape index (κ3) is 2.07. The van der Waals surface area contributed by atoms with Gasteiger partial charge in [0.2, 0.25) is 0 Å². The first kappa shape index (κ1) is 12.4. The summed E-state index contributed by atoms with van der Waals surface area (Å²) in [7, 11) is 0. The van der Waals surface area contributed by atoms with Crippen molar-refractivity contribution in [2.75, 3.05) is 0 Å². The molecule has 0 saturated carbocycles. The van der Waals surface area contributed by atoms with Gasteiger partial charge in [0.25, 0.3) is 0 Å². The zero-order valence-electron chi connectivity index (χ0n) is 11.9. The van der Waals surface area contributed by atoms with E-state index in [1.807, 2.05) is 24.4 Å². The summed E-state index contributed by atoms with van der Waals surface area (Å²) in [5.41, 5.74) is 4.77. The number of nitrogens with zero attached hydrogens (tertiary/aromatic N) is 2. The van der Waals surface area contributed by atoms with Crippen LogP contribution in [-0.2, 0) is 0 Å². The summed E-state index contributed by atoms with van der Waals surface area (Å²) in [4.78, 5) is 4.45. The van der Waals surface area contributed by atoms with Crippen molar-refractivity contribution in [1.29, 1.82) is 0 Å². The molecule has 2 aromatic heterocycles. The predicted octanol–water partition coefficient (Wildman–Crippen LogP) is 4.11. The smallest absolute Gasteiger partial charge is 0.114 e. The van der Waals surface area contributed by atoms with Crippen molar-refractivity contribution in [1.82, 2.24) is 15.2 Å². The maximum absolute atomic E-state index is 4.56. The largest absolute Gasteiger partial charge is 0.281 e. The van der Waals surface area contributed by atoms with Gasteiger partial charge < -0.3 is 0 Å². The van der Waals surface area contributed by atoms with Crippen LogP contribution in [0.1, 0.15) is 56.7 Å². The van der Waals surface area contributed by atoms with Gasteiger partial charge in [-0.05, 0) is 36.8 Å². The van der Waals surface area contributed by atoms with Gasteiger partial charge in [-0.25, -0.2) is 0 Å². The Balaban J connectivity index is 2.10. The van der Waals surface area contributed by atoms with Crippen LogP contribution in [-0.4, -0.2) is 15.2 Å². The molecule has 2 atom stereocenters. The van der Waals surface area contributed by atoms with E-state index >= 15 is 0 Å². The maximum atomic E-state index is 4.56. The van der Waals surface area contributed by atoms with Gasteiger partial charge in [0, 0.05) is 23.4 Å². The quantitative estimate of drug-likeness (QED) is 0.877. The van der Waals surface area contributed by atoms with Crippen LogP contribution in [0.2, 0.25) is 0 Å². The molecule has 0 saturated heterocycles. The van der Waals surface area contributed by atoms with Crippen molar-refractivity contribution in [2.45, 2.75) is 45.4 Å². The highest BCUT2D eigenvalue weighted by atomic mass is 15.1.